The third kappa shape index (κ3) is 25.9. The van der Waals surface area contributed by atoms with Crippen molar-refractivity contribution >= 4 is 10.4 Å². The second kappa shape index (κ2) is 27.4. The Balaban J connectivity index is 4.83. The number of rotatable bonds is 30. The molecule has 0 rings (SSSR count). The molecular weight excluding hydrogens is 480 g/mol. The molecule has 0 aromatic heterocycles. The van der Waals surface area contributed by atoms with Crippen molar-refractivity contribution < 1.29 is 16.8 Å². The minimum Gasteiger partial charge on any atom is -0.245 e. The zero-order chi connectivity index (χ0) is 27.5. The molecule has 0 saturated heterocycles. The maximum Gasteiger partial charge on any atom is 0.400 e. The Labute approximate surface area is 233 Å². The van der Waals surface area contributed by atoms with Gasteiger partial charge in [0.2, 0.25) is 0 Å². The molecule has 2 atom stereocenters. The van der Waals surface area contributed by atoms with Gasteiger partial charge in [-0.3, -0.25) is 0 Å². The van der Waals surface area contributed by atoms with E-state index in [1.807, 2.05) is 0 Å². The van der Waals surface area contributed by atoms with Crippen LogP contribution in [0.3, 0.4) is 0 Å². The predicted octanol–water partition coefficient (Wildman–Crippen LogP) is 11.2. The van der Waals surface area contributed by atoms with Crippen LogP contribution in [0.15, 0.2) is 0 Å². The smallest absolute Gasteiger partial charge is 0.245 e. The first-order valence-electron chi connectivity index (χ1n) is 16.6. The van der Waals surface area contributed by atoms with Gasteiger partial charge in [-0.1, -0.05) is 169 Å². The van der Waals surface area contributed by atoms with Crippen LogP contribution in [0, 0.1) is 0 Å². The average Bonchev–Trinajstić information content (AvgIpc) is 2.87. The zero-order valence-electron chi connectivity index (χ0n) is 25.6. The molecule has 0 radical (unpaired) electrons. The van der Waals surface area contributed by atoms with Gasteiger partial charge in [0.1, 0.15) is 0 Å². The Hall–Kier alpha value is -0.130. The van der Waals surface area contributed by atoms with Gasteiger partial charge in [-0.2, -0.15) is 8.42 Å². The summed E-state index contributed by atoms with van der Waals surface area (Å²) < 4.78 is 37.6. The lowest BCUT2D eigenvalue weighted by atomic mass is 10.0. The molecule has 224 valence electrons. The molecule has 0 N–H and O–H groups in total. The normalized spacial score (nSPS) is 13.7. The Morgan fingerprint density at radius 1 is 0.378 bits per heavy atom. The number of hydrogen-bond acceptors (Lipinski definition) is 4. The standard InChI is InChI=1S/C32H66O4S/c1-5-9-13-17-21-25-29-31(27-23-19-15-11-7-3)35-37(33,34)36-32(28-24-20-16-12-8-4)30-26-22-18-14-10-6-2/h31-32H,5-30H2,1-4H3. The van der Waals surface area contributed by atoms with Crippen molar-refractivity contribution in [2.24, 2.45) is 0 Å². The second-order valence-corrected chi connectivity index (χ2v) is 12.6. The van der Waals surface area contributed by atoms with Gasteiger partial charge in [0.15, 0.2) is 0 Å². The molecule has 0 bridgehead atoms. The summed E-state index contributed by atoms with van der Waals surface area (Å²) in [7, 11) is -3.98. The molecule has 0 saturated carbocycles. The van der Waals surface area contributed by atoms with E-state index in [1.54, 1.807) is 0 Å². The van der Waals surface area contributed by atoms with Crippen molar-refractivity contribution in [3.63, 3.8) is 0 Å². The van der Waals surface area contributed by atoms with E-state index in [0.29, 0.717) is 0 Å². The molecule has 0 aliphatic rings. The molecule has 0 spiro atoms. The molecule has 0 heterocycles. The van der Waals surface area contributed by atoms with Gasteiger partial charge in [0, 0.05) is 0 Å². The van der Waals surface area contributed by atoms with Gasteiger partial charge in [-0.25, -0.2) is 8.37 Å². The fraction of sp³-hybridized carbons (Fsp3) is 1.00. The first kappa shape index (κ1) is 36.9. The van der Waals surface area contributed by atoms with Crippen molar-refractivity contribution in [3.05, 3.63) is 0 Å². The first-order valence-corrected chi connectivity index (χ1v) is 17.9. The van der Waals surface area contributed by atoms with Gasteiger partial charge in [-0.15, -0.1) is 0 Å². The quantitative estimate of drug-likeness (QED) is 0.0840. The summed E-state index contributed by atoms with van der Waals surface area (Å²) in [5.41, 5.74) is 0. The zero-order valence-corrected chi connectivity index (χ0v) is 26.4. The molecule has 37 heavy (non-hydrogen) atoms. The van der Waals surface area contributed by atoms with Crippen LogP contribution in [0.1, 0.15) is 195 Å². The van der Waals surface area contributed by atoms with Crippen LogP contribution in [0.4, 0.5) is 0 Å². The molecule has 5 heteroatoms. The van der Waals surface area contributed by atoms with Crippen molar-refractivity contribution in [3.8, 4) is 0 Å². The largest absolute Gasteiger partial charge is 0.400 e. The second-order valence-electron chi connectivity index (χ2n) is 11.4. The lowest BCUT2D eigenvalue weighted by Gasteiger charge is -2.21. The van der Waals surface area contributed by atoms with E-state index >= 15 is 0 Å². The highest BCUT2D eigenvalue weighted by Crippen LogP contribution is 2.23. The van der Waals surface area contributed by atoms with Crippen LogP contribution in [0.5, 0.6) is 0 Å². The molecular formula is C32H66O4S. The van der Waals surface area contributed by atoms with E-state index in [-0.39, 0.29) is 12.2 Å². The molecule has 0 amide bonds. The molecule has 0 aliphatic carbocycles. The molecule has 4 nitrogen and oxygen atoms in total. The maximum absolute atomic E-state index is 13.0. The van der Waals surface area contributed by atoms with E-state index in [9.17, 15) is 8.42 Å². The van der Waals surface area contributed by atoms with E-state index < -0.39 is 10.4 Å². The third-order valence-corrected chi connectivity index (χ3v) is 8.54. The summed E-state index contributed by atoms with van der Waals surface area (Å²) in [4.78, 5) is 0. The summed E-state index contributed by atoms with van der Waals surface area (Å²) in [6, 6.07) is 0. The van der Waals surface area contributed by atoms with Crippen LogP contribution >= 0.6 is 0 Å². The van der Waals surface area contributed by atoms with Gasteiger partial charge < -0.3 is 0 Å². The lowest BCUT2D eigenvalue weighted by Crippen LogP contribution is -2.25. The van der Waals surface area contributed by atoms with Crippen LogP contribution in [-0.4, -0.2) is 20.6 Å². The fourth-order valence-corrected chi connectivity index (χ4v) is 6.19. The van der Waals surface area contributed by atoms with Crippen LogP contribution in [-0.2, 0) is 18.8 Å². The van der Waals surface area contributed by atoms with E-state index in [0.717, 1.165) is 77.0 Å². The van der Waals surface area contributed by atoms with Gasteiger partial charge in [0.05, 0.1) is 12.2 Å². The van der Waals surface area contributed by atoms with Gasteiger partial charge in [0.25, 0.3) is 0 Å². The molecule has 0 fully saturated rings. The van der Waals surface area contributed by atoms with E-state index in [2.05, 4.69) is 27.7 Å². The van der Waals surface area contributed by atoms with Crippen molar-refractivity contribution in [1.29, 1.82) is 0 Å². The maximum atomic E-state index is 13.0. The third-order valence-electron chi connectivity index (χ3n) is 7.53. The number of hydrogen-bond donors (Lipinski definition) is 0. The van der Waals surface area contributed by atoms with Crippen molar-refractivity contribution in [2.45, 2.75) is 207 Å². The van der Waals surface area contributed by atoms with Crippen LogP contribution in [0.2, 0.25) is 0 Å². The topological polar surface area (TPSA) is 52.6 Å². The van der Waals surface area contributed by atoms with Crippen molar-refractivity contribution in [2.75, 3.05) is 0 Å². The SMILES string of the molecule is CCCCCCCCC(CCCCCCC)OS(=O)(=O)OC(CCCCCCC)CCCCCCCC. The summed E-state index contributed by atoms with van der Waals surface area (Å²) in [5, 5.41) is 0. The number of unbranched alkanes of at least 4 members (excludes halogenated alkanes) is 18. The first-order chi connectivity index (χ1) is 18.0. The Morgan fingerprint density at radius 3 is 0.838 bits per heavy atom. The molecule has 2 unspecified atom stereocenters. The van der Waals surface area contributed by atoms with E-state index in [4.69, 9.17) is 8.37 Å². The minimum atomic E-state index is -3.98. The summed E-state index contributed by atoms with van der Waals surface area (Å²) >= 11 is 0. The van der Waals surface area contributed by atoms with Gasteiger partial charge >= 0.3 is 10.4 Å². The van der Waals surface area contributed by atoms with E-state index in [1.165, 1.54) is 89.9 Å². The molecule has 0 aromatic rings. The van der Waals surface area contributed by atoms with Crippen molar-refractivity contribution in [1.82, 2.24) is 0 Å². The lowest BCUT2D eigenvalue weighted by molar-refractivity contribution is 0.101. The summed E-state index contributed by atoms with van der Waals surface area (Å²) in [5.74, 6) is 0. The molecule has 0 aromatic carbocycles. The summed E-state index contributed by atoms with van der Waals surface area (Å²) in [6.45, 7) is 8.91. The Bertz CT molecular complexity index is 507. The van der Waals surface area contributed by atoms with Crippen LogP contribution < -0.4 is 0 Å². The highest BCUT2D eigenvalue weighted by atomic mass is 32.3. The fourth-order valence-electron chi connectivity index (χ4n) is 5.09. The molecule has 0 aliphatic heterocycles. The highest BCUT2D eigenvalue weighted by molar-refractivity contribution is 7.81. The average molecular weight is 547 g/mol. The minimum absolute atomic E-state index is 0.239. The predicted molar refractivity (Wildman–Crippen MR) is 161 cm³/mol. The monoisotopic (exact) mass is 546 g/mol. The van der Waals surface area contributed by atoms with Gasteiger partial charge in [-0.05, 0) is 25.7 Å². The summed E-state index contributed by atoms with van der Waals surface area (Å²) in [6.07, 6.45) is 29.1. The van der Waals surface area contributed by atoms with Crippen LogP contribution in [0.25, 0.3) is 0 Å². The Kier molecular flexibility index (Phi) is 27.3. The Morgan fingerprint density at radius 2 is 0.595 bits per heavy atom. The highest BCUT2D eigenvalue weighted by Gasteiger charge is 2.24.